The number of halogens is 1. The molecule has 0 aliphatic heterocycles. The molecule has 0 atom stereocenters. The lowest BCUT2D eigenvalue weighted by Gasteiger charge is -2.05. The highest BCUT2D eigenvalue weighted by Gasteiger charge is 2.14. The zero-order valence-electron chi connectivity index (χ0n) is 8.76. The molecule has 1 N–H and O–H groups in total. The third kappa shape index (κ3) is 3.12. The van der Waals surface area contributed by atoms with Gasteiger partial charge in [0, 0.05) is 11.4 Å². The number of hydrogen-bond donors (Lipinski definition) is 1. The summed E-state index contributed by atoms with van der Waals surface area (Å²) in [5, 5.41) is 1.87. The van der Waals surface area contributed by atoms with Crippen molar-refractivity contribution in [1.29, 1.82) is 0 Å². The molecular weight excluding hydrogens is 261 g/mol. The Labute approximate surface area is 103 Å². The molecule has 1 heterocycles. The summed E-state index contributed by atoms with van der Waals surface area (Å²) in [5.41, 5.74) is 0. The molecule has 0 bridgehead atoms. The molecule has 0 aliphatic rings. The lowest BCUT2D eigenvalue weighted by molar-refractivity contribution is 0.578. The van der Waals surface area contributed by atoms with Crippen LogP contribution in [0.1, 0.15) is 4.88 Å². The van der Waals surface area contributed by atoms with Crippen LogP contribution in [0.25, 0.3) is 0 Å². The molecule has 0 saturated heterocycles. The maximum absolute atomic E-state index is 12.9. The zero-order chi connectivity index (χ0) is 12.3. The van der Waals surface area contributed by atoms with Crippen LogP contribution in [0.5, 0.6) is 0 Å². The number of hydrogen-bond acceptors (Lipinski definition) is 3. The fourth-order valence-electron chi connectivity index (χ4n) is 1.30. The van der Waals surface area contributed by atoms with Crippen molar-refractivity contribution in [2.24, 2.45) is 0 Å². The molecular formula is C11H10FNO2S2. The molecule has 6 heteroatoms. The topological polar surface area (TPSA) is 46.2 Å². The standard InChI is InChI=1S/C11H10FNO2S2/c12-9-3-1-5-11(7-9)17(14,15)13-8-10-4-2-6-16-10/h1-7,13H,8H2. The van der Waals surface area contributed by atoms with E-state index in [1.165, 1.54) is 29.5 Å². The lowest BCUT2D eigenvalue weighted by atomic mass is 10.4. The van der Waals surface area contributed by atoms with E-state index in [0.29, 0.717) is 0 Å². The van der Waals surface area contributed by atoms with E-state index in [-0.39, 0.29) is 11.4 Å². The maximum Gasteiger partial charge on any atom is 0.240 e. The van der Waals surface area contributed by atoms with Crippen LogP contribution in [0, 0.1) is 5.82 Å². The van der Waals surface area contributed by atoms with E-state index in [0.717, 1.165) is 10.9 Å². The number of rotatable bonds is 4. The van der Waals surface area contributed by atoms with Crippen LogP contribution in [0.15, 0.2) is 46.7 Å². The molecule has 1 aromatic carbocycles. The van der Waals surface area contributed by atoms with E-state index in [4.69, 9.17) is 0 Å². The van der Waals surface area contributed by atoms with Gasteiger partial charge in [-0.05, 0) is 29.6 Å². The summed E-state index contributed by atoms with van der Waals surface area (Å²) in [4.78, 5) is 0.846. The summed E-state index contributed by atoms with van der Waals surface area (Å²) in [6.07, 6.45) is 0. The Kier molecular flexibility index (Phi) is 3.56. The minimum absolute atomic E-state index is 0.0611. The third-order valence-corrected chi connectivity index (χ3v) is 4.40. The lowest BCUT2D eigenvalue weighted by Crippen LogP contribution is -2.22. The van der Waals surface area contributed by atoms with Crippen LogP contribution in [0.4, 0.5) is 4.39 Å². The molecule has 0 unspecified atom stereocenters. The first-order valence-electron chi connectivity index (χ1n) is 4.85. The van der Waals surface area contributed by atoms with Crippen molar-refractivity contribution in [3.63, 3.8) is 0 Å². The number of sulfonamides is 1. The quantitative estimate of drug-likeness (QED) is 0.928. The Morgan fingerprint density at radius 2 is 2.06 bits per heavy atom. The van der Waals surface area contributed by atoms with Gasteiger partial charge in [-0.1, -0.05) is 12.1 Å². The fraction of sp³-hybridized carbons (Fsp3) is 0.0909. The Morgan fingerprint density at radius 3 is 2.71 bits per heavy atom. The predicted molar refractivity (Wildman–Crippen MR) is 64.7 cm³/mol. The molecule has 90 valence electrons. The number of benzene rings is 1. The molecule has 2 aromatic rings. The van der Waals surface area contributed by atoms with Gasteiger partial charge in [0.2, 0.25) is 10.0 Å². The molecule has 0 amide bonds. The van der Waals surface area contributed by atoms with E-state index >= 15 is 0 Å². The van der Waals surface area contributed by atoms with Gasteiger partial charge in [-0.25, -0.2) is 17.5 Å². The number of nitrogens with one attached hydrogen (secondary N) is 1. The maximum atomic E-state index is 12.9. The smallest absolute Gasteiger partial charge is 0.207 e. The second-order valence-electron chi connectivity index (χ2n) is 3.36. The van der Waals surface area contributed by atoms with Crippen LogP contribution in [0.3, 0.4) is 0 Å². The van der Waals surface area contributed by atoms with Crippen LogP contribution in [-0.2, 0) is 16.6 Å². The summed E-state index contributed by atoms with van der Waals surface area (Å²) in [6.45, 7) is 0.219. The second-order valence-corrected chi connectivity index (χ2v) is 6.16. The highest BCUT2D eigenvalue weighted by Crippen LogP contribution is 2.13. The van der Waals surface area contributed by atoms with Crippen LogP contribution in [-0.4, -0.2) is 8.42 Å². The minimum atomic E-state index is -3.64. The zero-order valence-corrected chi connectivity index (χ0v) is 10.4. The first-order valence-corrected chi connectivity index (χ1v) is 7.22. The van der Waals surface area contributed by atoms with Crippen molar-refractivity contribution in [1.82, 2.24) is 4.72 Å². The van der Waals surface area contributed by atoms with Crippen LogP contribution >= 0.6 is 11.3 Å². The Bertz CT molecular complexity index is 594. The SMILES string of the molecule is O=S(=O)(NCc1cccs1)c1cccc(F)c1. The highest BCUT2D eigenvalue weighted by molar-refractivity contribution is 7.89. The third-order valence-electron chi connectivity index (χ3n) is 2.12. The van der Waals surface area contributed by atoms with E-state index in [1.54, 1.807) is 0 Å². The van der Waals surface area contributed by atoms with E-state index in [1.807, 2.05) is 17.5 Å². The monoisotopic (exact) mass is 271 g/mol. The summed E-state index contributed by atoms with van der Waals surface area (Å²) in [7, 11) is -3.64. The van der Waals surface area contributed by atoms with Gasteiger partial charge in [0.25, 0.3) is 0 Å². The van der Waals surface area contributed by atoms with Crippen molar-refractivity contribution < 1.29 is 12.8 Å². The summed E-state index contributed by atoms with van der Waals surface area (Å²) in [5.74, 6) is -0.566. The number of thiophene rings is 1. The predicted octanol–water partition coefficient (Wildman–Crippen LogP) is 2.37. The van der Waals surface area contributed by atoms with Crippen molar-refractivity contribution in [3.8, 4) is 0 Å². The second kappa shape index (κ2) is 4.95. The Morgan fingerprint density at radius 1 is 1.24 bits per heavy atom. The molecule has 0 saturated carbocycles. The van der Waals surface area contributed by atoms with Gasteiger partial charge in [0.15, 0.2) is 0 Å². The van der Waals surface area contributed by atoms with Gasteiger partial charge in [0.1, 0.15) is 5.82 Å². The molecule has 0 radical (unpaired) electrons. The van der Waals surface area contributed by atoms with Crippen LogP contribution < -0.4 is 4.72 Å². The first-order chi connectivity index (χ1) is 8.08. The largest absolute Gasteiger partial charge is 0.240 e. The Balaban J connectivity index is 2.14. The highest BCUT2D eigenvalue weighted by atomic mass is 32.2. The normalized spacial score (nSPS) is 11.6. The Hall–Kier alpha value is -1.24. The van der Waals surface area contributed by atoms with Gasteiger partial charge in [-0.15, -0.1) is 11.3 Å². The first kappa shape index (κ1) is 12.2. The molecule has 0 spiro atoms. The molecule has 0 aliphatic carbocycles. The molecule has 3 nitrogen and oxygen atoms in total. The van der Waals surface area contributed by atoms with Crippen molar-refractivity contribution >= 4 is 21.4 Å². The average Bonchev–Trinajstić information content (AvgIpc) is 2.79. The van der Waals surface area contributed by atoms with E-state index < -0.39 is 15.8 Å². The fourth-order valence-corrected chi connectivity index (χ4v) is 3.07. The molecule has 0 fully saturated rings. The van der Waals surface area contributed by atoms with E-state index in [9.17, 15) is 12.8 Å². The summed E-state index contributed by atoms with van der Waals surface area (Å²) >= 11 is 1.46. The minimum Gasteiger partial charge on any atom is -0.207 e. The molecule has 17 heavy (non-hydrogen) atoms. The van der Waals surface area contributed by atoms with Crippen molar-refractivity contribution in [3.05, 3.63) is 52.5 Å². The van der Waals surface area contributed by atoms with Crippen LogP contribution in [0.2, 0.25) is 0 Å². The summed E-state index contributed by atoms with van der Waals surface area (Å²) < 4.78 is 39.0. The van der Waals surface area contributed by atoms with Gasteiger partial charge in [0.05, 0.1) is 4.90 Å². The summed E-state index contributed by atoms with van der Waals surface area (Å²) in [6, 6.07) is 8.61. The molecule has 2 rings (SSSR count). The van der Waals surface area contributed by atoms with Gasteiger partial charge >= 0.3 is 0 Å². The van der Waals surface area contributed by atoms with Gasteiger partial charge < -0.3 is 0 Å². The van der Waals surface area contributed by atoms with Gasteiger partial charge in [-0.2, -0.15) is 0 Å². The molecule has 1 aromatic heterocycles. The van der Waals surface area contributed by atoms with E-state index in [2.05, 4.69) is 4.72 Å². The average molecular weight is 271 g/mol. The van der Waals surface area contributed by atoms with Crippen molar-refractivity contribution in [2.75, 3.05) is 0 Å². The van der Waals surface area contributed by atoms with Gasteiger partial charge in [-0.3, -0.25) is 0 Å². The van der Waals surface area contributed by atoms with Crippen molar-refractivity contribution in [2.45, 2.75) is 11.4 Å².